The van der Waals surface area contributed by atoms with Gasteiger partial charge in [0.25, 0.3) is 5.56 Å². The summed E-state index contributed by atoms with van der Waals surface area (Å²) in [6, 6.07) is 15.4. The van der Waals surface area contributed by atoms with E-state index in [1.807, 2.05) is 53.1 Å². The molecular formula is C24H20N6OS. The molecule has 0 amide bonds. The van der Waals surface area contributed by atoms with E-state index in [4.69, 9.17) is 0 Å². The number of hydrogen-bond acceptors (Lipinski definition) is 6. The fraction of sp³-hybridized carbons (Fsp3) is 0.208. The number of aromatic nitrogens is 5. The molecule has 0 aliphatic carbocycles. The summed E-state index contributed by atoms with van der Waals surface area (Å²) in [7, 11) is 0. The van der Waals surface area contributed by atoms with Crippen molar-refractivity contribution in [2.24, 2.45) is 0 Å². The molecule has 3 aromatic heterocycles. The van der Waals surface area contributed by atoms with Gasteiger partial charge < -0.3 is 4.57 Å². The molecule has 0 spiro atoms. The van der Waals surface area contributed by atoms with E-state index < -0.39 is 0 Å². The number of rotatable bonds is 3. The molecule has 32 heavy (non-hydrogen) atoms. The molecule has 8 heteroatoms. The molecule has 0 saturated heterocycles. The van der Waals surface area contributed by atoms with Gasteiger partial charge in [0.05, 0.1) is 10.2 Å². The van der Waals surface area contributed by atoms with E-state index in [0.29, 0.717) is 26.3 Å². The van der Waals surface area contributed by atoms with Crippen LogP contribution in [0, 0.1) is 11.3 Å². The molecule has 1 aliphatic rings. The van der Waals surface area contributed by atoms with Gasteiger partial charge in [0.1, 0.15) is 22.1 Å². The molecule has 0 atom stereocenters. The summed E-state index contributed by atoms with van der Waals surface area (Å²) < 4.78 is 4.74. The monoisotopic (exact) mass is 440 g/mol. The maximum atomic E-state index is 13.5. The predicted molar refractivity (Wildman–Crippen MR) is 123 cm³/mol. The number of thiazole rings is 1. The van der Waals surface area contributed by atoms with Crippen LogP contribution in [0.15, 0.2) is 59.7 Å². The number of pyridine rings is 1. The van der Waals surface area contributed by atoms with Gasteiger partial charge in [0, 0.05) is 25.4 Å². The van der Waals surface area contributed by atoms with E-state index in [1.54, 1.807) is 17.0 Å². The molecule has 0 bridgehead atoms. The van der Waals surface area contributed by atoms with Crippen molar-refractivity contribution in [1.82, 2.24) is 24.3 Å². The minimum absolute atomic E-state index is 0.170. The molecule has 1 aromatic carbocycles. The van der Waals surface area contributed by atoms with Crippen LogP contribution >= 0.6 is 11.3 Å². The van der Waals surface area contributed by atoms with Crippen LogP contribution in [0.4, 0.5) is 0 Å². The largest absolute Gasteiger partial charge is 0.310 e. The Labute approximate surface area is 188 Å². The topological polar surface area (TPSA) is 89.4 Å². The lowest BCUT2D eigenvalue weighted by Crippen LogP contribution is -2.31. The smallest absolute Gasteiger partial charge is 0.273 e. The third kappa shape index (κ3) is 3.67. The molecule has 158 valence electrons. The van der Waals surface area contributed by atoms with E-state index in [1.165, 1.54) is 11.3 Å². The zero-order valence-electron chi connectivity index (χ0n) is 17.3. The van der Waals surface area contributed by atoms with Crippen molar-refractivity contribution in [3.63, 3.8) is 0 Å². The molecule has 1 aliphatic heterocycles. The second-order valence-corrected chi connectivity index (χ2v) is 8.59. The van der Waals surface area contributed by atoms with Gasteiger partial charge >= 0.3 is 0 Å². The molecule has 4 heterocycles. The summed E-state index contributed by atoms with van der Waals surface area (Å²) in [5.74, 6) is 1.43. The Kier molecular flexibility index (Phi) is 5.48. The van der Waals surface area contributed by atoms with Crippen LogP contribution in [0.3, 0.4) is 0 Å². The number of nitriles is 1. The van der Waals surface area contributed by atoms with Gasteiger partial charge in [0.15, 0.2) is 5.82 Å². The van der Waals surface area contributed by atoms with E-state index in [2.05, 4.69) is 21.3 Å². The first-order chi connectivity index (χ1) is 15.8. The summed E-state index contributed by atoms with van der Waals surface area (Å²) >= 11 is 1.30. The highest BCUT2D eigenvalue weighted by Gasteiger charge is 2.21. The molecule has 5 rings (SSSR count). The molecule has 0 radical (unpaired) electrons. The second-order valence-electron chi connectivity index (χ2n) is 7.56. The van der Waals surface area contributed by atoms with Gasteiger partial charge in [0.2, 0.25) is 0 Å². The lowest BCUT2D eigenvalue weighted by atomic mass is 10.2. The first-order valence-corrected chi connectivity index (χ1v) is 11.3. The van der Waals surface area contributed by atoms with E-state index in [0.717, 1.165) is 43.6 Å². The van der Waals surface area contributed by atoms with Gasteiger partial charge in [-0.05, 0) is 48.7 Å². The summed E-state index contributed by atoms with van der Waals surface area (Å²) in [5, 5.41) is 18.9. The van der Waals surface area contributed by atoms with Crippen molar-refractivity contribution < 1.29 is 0 Å². The molecule has 7 nitrogen and oxygen atoms in total. The summed E-state index contributed by atoms with van der Waals surface area (Å²) in [5.41, 5.74) is 1.78. The maximum Gasteiger partial charge on any atom is 0.273 e. The quantitative estimate of drug-likeness (QED) is 0.487. The maximum absolute atomic E-state index is 13.5. The Morgan fingerprint density at radius 3 is 2.66 bits per heavy atom. The molecule has 0 N–H and O–H groups in total. The van der Waals surface area contributed by atoms with Gasteiger partial charge in [-0.2, -0.15) is 5.26 Å². The van der Waals surface area contributed by atoms with Gasteiger partial charge in [-0.3, -0.25) is 14.3 Å². The Balaban J connectivity index is 1.84. The standard InChI is InChI=1S/C24H20N6OS/c25-16-19(22-28-27-21-9-5-2-6-14-29(21)22)24-30(18-7-3-1-4-8-18)23(31)20(32-24)15-17-10-12-26-13-11-17/h1,3-4,7-8,10-13,15H,2,5-6,9,14H2/b20-15-,24-19+. The Morgan fingerprint density at radius 1 is 1.06 bits per heavy atom. The summed E-state index contributed by atoms with van der Waals surface area (Å²) in [4.78, 5) is 17.5. The van der Waals surface area contributed by atoms with Crippen molar-refractivity contribution in [3.8, 4) is 11.8 Å². The highest BCUT2D eigenvalue weighted by atomic mass is 32.1. The van der Waals surface area contributed by atoms with Crippen molar-refractivity contribution in [3.05, 3.63) is 91.6 Å². The highest BCUT2D eigenvalue weighted by molar-refractivity contribution is 7.07. The number of para-hydroxylation sites is 1. The van der Waals surface area contributed by atoms with Gasteiger partial charge in [-0.15, -0.1) is 21.5 Å². The molecular weight excluding hydrogens is 420 g/mol. The van der Waals surface area contributed by atoms with Gasteiger partial charge in [-0.1, -0.05) is 24.6 Å². The first-order valence-electron chi connectivity index (χ1n) is 10.5. The van der Waals surface area contributed by atoms with Crippen molar-refractivity contribution in [2.75, 3.05) is 0 Å². The number of benzene rings is 1. The Bertz CT molecular complexity index is 1480. The predicted octanol–water partition coefficient (Wildman–Crippen LogP) is 2.16. The SMILES string of the molecule is N#C/C(c1nnc2n1CCCCC2)=c1\s/c(=C\c2ccncc2)c(=O)n1-c1ccccc1. The highest BCUT2D eigenvalue weighted by Crippen LogP contribution is 2.18. The lowest BCUT2D eigenvalue weighted by Gasteiger charge is -2.07. The zero-order chi connectivity index (χ0) is 21.9. The fourth-order valence-corrected chi connectivity index (χ4v) is 5.04. The van der Waals surface area contributed by atoms with Crippen LogP contribution in [0.25, 0.3) is 17.3 Å². The van der Waals surface area contributed by atoms with Crippen LogP contribution in [0.5, 0.6) is 0 Å². The number of hydrogen-bond donors (Lipinski definition) is 0. The summed E-state index contributed by atoms with van der Waals surface area (Å²) in [6.45, 7) is 0.778. The van der Waals surface area contributed by atoms with Crippen molar-refractivity contribution in [2.45, 2.75) is 32.2 Å². The van der Waals surface area contributed by atoms with E-state index in [9.17, 15) is 10.1 Å². The van der Waals surface area contributed by atoms with Crippen LogP contribution < -0.4 is 14.8 Å². The van der Waals surface area contributed by atoms with Crippen LogP contribution in [0.2, 0.25) is 0 Å². The second kappa shape index (κ2) is 8.73. The normalized spacial score (nSPS) is 15.0. The van der Waals surface area contributed by atoms with Crippen LogP contribution in [0.1, 0.15) is 36.5 Å². The molecule has 0 unspecified atom stereocenters. The minimum Gasteiger partial charge on any atom is -0.310 e. The first kappa shape index (κ1) is 20.1. The van der Waals surface area contributed by atoms with Crippen molar-refractivity contribution >= 4 is 23.0 Å². The molecule has 0 fully saturated rings. The number of fused-ring (bicyclic) bond motifs is 1. The fourth-order valence-electron chi connectivity index (χ4n) is 3.94. The average molecular weight is 441 g/mol. The third-order valence-corrected chi connectivity index (χ3v) is 6.59. The van der Waals surface area contributed by atoms with Crippen LogP contribution in [-0.4, -0.2) is 24.3 Å². The zero-order valence-corrected chi connectivity index (χ0v) is 18.1. The average Bonchev–Trinajstić information content (AvgIpc) is 3.27. The number of aryl methyl sites for hydroxylation is 1. The van der Waals surface area contributed by atoms with Crippen molar-refractivity contribution in [1.29, 1.82) is 5.26 Å². The van der Waals surface area contributed by atoms with E-state index in [-0.39, 0.29) is 5.56 Å². The summed E-state index contributed by atoms with van der Waals surface area (Å²) in [6.07, 6.45) is 9.28. The van der Waals surface area contributed by atoms with Crippen LogP contribution in [-0.2, 0) is 13.0 Å². The van der Waals surface area contributed by atoms with Gasteiger partial charge in [-0.25, -0.2) is 0 Å². The minimum atomic E-state index is -0.170. The van der Waals surface area contributed by atoms with E-state index >= 15 is 0 Å². The number of nitrogens with zero attached hydrogens (tertiary/aromatic N) is 6. The Hall–Kier alpha value is -3.83. The molecule has 0 saturated carbocycles. The molecule has 4 aromatic rings. The third-order valence-electron chi connectivity index (χ3n) is 5.50. The lowest BCUT2D eigenvalue weighted by molar-refractivity contribution is 0.627. The Morgan fingerprint density at radius 2 is 1.88 bits per heavy atom.